The van der Waals surface area contributed by atoms with Gasteiger partial charge in [-0.1, -0.05) is 67.5 Å². The van der Waals surface area contributed by atoms with Crippen molar-refractivity contribution in [1.29, 1.82) is 0 Å². The molecule has 0 fully saturated rings. The van der Waals surface area contributed by atoms with E-state index in [1.54, 1.807) is 0 Å². The van der Waals surface area contributed by atoms with Gasteiger partial charge in [-0.15, -0.1) is 0 Å². The number of likely N-dealkylation sites (N-methyl/N-ethyl adjacent to an activating group) is 1. The minimum absolute atomic E-state index is 0.00185. The van der Waals surface area contributed by atoms with Crippen LogP contribution in [0, 0.1) is 5.92 Å². The summed E-state index contributed by atoms with van der Waals surface area (Å²) >= 11 is 19.6. The number of nitrogens with two attached hydrogens (primary N) is 1. The van der Waals surface area contributed by atoms with Crippen LogP contribution in [-0.2, 0) is 35.3 Å². The number of thiocarbonyl (C=S) groups is 1. The number of carbonyl (C=O) groups excluding carboxylic acids is 6. The number of ether oxygens (including phenoxy) is 2. The van der Waals surface area contributed by atoms with Gasteiger partial charge in [0, 0.05) is 23.7 Å². The number of amides is 6. The van der Waals surface area contributed by atoms with Crippen molar-refractivity contribution >= 4 is 75.9 Å². The van der Waals surface area contributed by atoms with Crippen LogP contribution in [0.5, 0.6) is 46.0 Å². The summed E-state index contributed by atoms with van der Waals surface area (Å²) in [5.41, 5.74) is 5.49. The summed E-state index contributed by atoms with van der Waals surface area (Å²) in [6.07, 6.45) is -4.29. The number of hydrogen-bond acceptors (Lipinski definition) is 16. The number of halogens is 2. The third-order valence-electron chi connectivity index (χ3n) is 13.0. The Morgan fingerprint density at radius 2 is 1.34 bits per heavy atom. The van der Waals surface area contributed by atoms with E-state index in [2.05, 4.69) is 37.2 Å². The second-order valence-corrected chi connectivity index (χ2v) is 20.1. The van der Waals surface area contributed by atoms with E-state index in [0.717, 1.165) is 6.07 Å². The molecule has 0 saturated carbocycles. The van der Waals surface area contributed by atoms with Crippen LogP contribution >= 0.6 is 35.4 Å². The molecule has 0 aliphatic carbocycles. The summed E-state index contributed by atoms with van der Waals surface area (Å²) in [5, 5.41) is 87.1. The van der Waals surface area contributed by atoms with E-state index in [-0.39, 0.29) is 66.4 Å². The lowest BCUT2D eigenvalue weighted by Gasteiger charge is -2.31. The van der Waals surface area contributed by atoms with Crippen molar-refractivity contribution in [3.05, 3.63) is 117 Å². The first-order valence-electron chi connectivity index (χ1n) is 23.8. The first kappa shape index (κ1) is 55.3. The molecule has 10 rings (SSSR count). The molecule has 22 nitrogen and oxygen atoms in total. The Labute approximate surface area is 454 Å². The van der Waals surface area contributed by atoms with Gasteiger partial charge in [0.05, 0.1) is 22.5 Å². The minimum Gasteiger partial charge on any atom is -0.508 e. The quantitative estimate of drug-likeness (QED) is 0.104. The van der Waals surface area contributed by atoms with Gasteiger partial charge in [-0.2, -0.15) is 0 Å². The number of fused-ring (bicyclic) bond motifs is 15. The predicted molar refractivity (Wildman–Crippen MR) is 281 cm³/mol. The third-order valence-corrected chi connectivity index (χ3v) is 13.9. The lowest BCUT2D eigenvalue weighted by Crippen LogP contribution is -2.59. The highest BCUT2D eigenvalue weighted by atomic mass is 35.5. The minimum atomic E-state index is -1.89. The Bertz CT molecular complexity index is 3240. The van der Waals surface area contributed by atoms with Crippen molar-refractivity contribution in [2.24, 2.45) is 11.7 Å². The number of carbonyl (C=O) groups is 6. The molecule has 0 radical (unpaired) electrons. The maximum absolute atomic E-state index is 15.0. The second-order valence-electron chi connectivity index (χ2n) is 18.9. The molecule has 8 atom stereocenters. The van der Waals surface area contributed by atoms with Crippen LogP contribution in [-0.4, -0.2) is 102 Å². The molecule has 0 spiro atoms. The largest absolute Gasteiger partial charge is 0.508 e. The Balaban J connectivity index is 1.34. The fourth-order valence-corrected chi connectivity index (χ4v) is 9.86. The lowest BCUT2D eigenvalue weighted by atomic mass is 9.92. The average Bonchev–Trinajstić information content (AvgIpc) is 3.38. The van der Waals surface area contributed by atoms with E-state index in [0.29, 0.717) is 6.42 Å². The van der Waals surface area contributed by atoms with E-state index >= 15 is 0 Å². The molecule has 5 aromatic carbocycles. The predicted octanol–water partition coefficient (Wildman–Crippen LogP) is 3.57. The van der Waals surface area contributed by atoms with E-state index in [1.165, 1.54) is 79.8 Å². The van der Waals surface area contributed by atoms with Gasteiger partial charge in [0.15, 0.2) is 11.5 Å². The Morgan fingerprint density at radius 3 is 1.94 bits per heavy atom. The van der Waals surface area contributed by atoms with Crippen molar-refractivity contribution in [2.75, 3.05) is 7.05 Å². The van der Waals surface area contributed by atoms with Gasteiger partial charge in [0.25, 0.3) is 0 Å². The summed E-state index contributed by atoms with van der Waals surface area (Å²) in [6, 6.07) is 6.28. The number of rotatable bonds is 7. The molecule has 0 aromatic heterocycles. The molecule has 0 saturated heterocycles. The highest BCUT2D eigenvalue weighted by molar-refractivity contribution is 7.80. The number of phenols is 4. The van der Waals surface area contributed by atoms with Crippen LogP contribution < -0.4 is 52.4 Å². The number of primary amides is 1. The van der Waals surface area contributed by atoms with Crippen molar-refractivity contribution in [2.45, 2.75) is 81.7 Å². The summed E-state index contributed by atoms with van der Waals surface area (Å²) in [7, 11) is 1.53. The lowest BCUT2D eigenvalue weighted by molar-refractivity contribution is -0.136. The summed E-state index contributed by atoms with van der Waals surface area (Å²) < 4.78 is 12.4. The van der Waals surface area contributed by atoms with Crippen LogP contribution in [0.25, 0.3) is 11.1 Å². The highest BCUT2D eigenvalue weighted by Crippen LogP contribution is 2.47. The van der Waals surface area contributed by atoms with Gasteiger partial charge in [0.1, 0.15) is 76.2 Å². The topological polar surface area (TPSA) is 352 Å². The zero-order valence-corrected chi connectivity index (χ0v) is 43.3. The van der Waals surface area contributed by atoms with Crippen molar-refractivity contribution < 1.29 is 68.9 Å². The molecule has 5 aliphatic heterocycles. The zero-order chi connectivity index (χ0) is 55.7. The standard InChI is InChI=1S/C52H52Cl2N8O14S/c1-20(2)10-30(56-3)47(70)60-43-45(68)23-6-9-35(29(54)14-23)76-37-16-24-15-36(46(37)69)75-34-8-5-22(13-28(34)53)44(67)42-49(72)57-19-25-11-26(63)17-33(65)39(25)27-12-21(4-7-32(27)64)40(50(73)61-42)62-52(77)41(24)59-48(71)31(18-38(55)66)58-51(43)74/h4-9,11-17,20,30-31,40-45,56,63-65,67-69H,10,18-19H2,1-3H3,(H2,55,66)(H,57,72)(H,58,74)(H,59,71)(H,60,70)(H,61,73)(H,62,77)/t30-,31+,40-,41-,42+,43-,44-,45-/m1/s1. The molecular formula is C52H52Cl2N8O14S. The number of aliphatic hydroxyl groups is 2. The van der Waals surface area contributed by atoms with Gasteiger partial charge in [0.2, 0.25) is 41.2 Å². The molecule has 6 amide bonds. The summed E-state index contributed by atoms with van der Waals surface area (Å²) in [6.45, 7) is 3.33. The number of aromatic hydroxyl groups is 4. The van der Waals surface area contributed by atoms with Gasteiger partial charge in [-0.3, -0.25) is 28.8 Å². The molecule has 5 aromatic rings. The van der Waals surface area contributed by atoms with Gasteiger partial charge in [-0.05, 0) is 102 Å². The Kier molecular flexibility index (Phi) is 16.3. The smallest absolute Gasteiger partial charge is 0.247 e. The normalized spacial score (nSPS) is 21.9. The van der Waals surface area contributed by atoms with Crippen LogP contribution in [0.3, 0.4) is 0 Å². The van der Waals surface area contributed by atoms with Crippen molar-refractivity contribution in [3.63, 3.8) is 0 Å². The molecule has 5 aliphatic rings. The average molecular weight is 1120 g/mol. The number of aliphatic hydroxyl groups excluding tert-OH is 2. The number of phenolic OH excluding ortho intramolecular Hbond substituents is 4. The molecule has 11 bridgehead atoms. The van der Waals surface area contributed by atoms with E-state index in [9.17, 15) is 59.4 Å². The Morgan fingerprint density at radius 1 is 0.714 bits per heavy atom. The highest BCUT2D eigenvalue weighted by Gasteiger charge is 2.39. The number of hydrogen-bond donors (Lipinski definition) is 14. The third kappa shape index (κ3) is 11.9. The van der Waals surface area contributed by atoms with Crippen molar-refractivity contribution in [3.8, 4) is 57.1 Å². The van der Waals surface area contributed by atoms with E-state index in [4.69, 9.17) is 50.6 Å². The molecule has 25 heteroatoms. The van der Waals surface area contributed by atoms with Gasteiger partial charge in [-0.25, -0.2) is 0 Å². The van der Waals surface area contributed by atoms with Crippen LogP contribution in [0.15, 0.2) is 78.9 Å². The maximum atomic E-state index is 15.0. The first-order chi connectivity index (χ1) is 36.5. The second kappa shape index (κ2) is 22.7. The van der Waals surface area contributed by atoms with Gasteiger partial charge >= 0.3 is 0 Å². The first-order valence-corrected chi connectivity index (χ1v) is 25.0. The summed E-state index contributed by atoms with van der Waals surface area (Å²) in [5.74, 6) is -9.24. The fourth-order valence-electron chi connectivity index (χ4n) is 9.09. The number of benzene rings is 5. The van der Waals surface area contributed by atoms with Crippen LogP contribution in [0.4, 0.5) is 0 Å². The Hall–Kier alpha value is -7.93. The monoisotopic (exact) mass is 1110 g/mol. The molecule has 0 unspecified atom stereocenters. The fraction of sp³-hybridized carbons (Fsp3) is 0.288. The van der Waals surface area contributed by atoms with Crippen LogP contribution in [0.2, 0.25) is 10.0 Å². The molecule has 15 N–H and O–H groups in total. The number of nitrogens with one attached hydrogen (secondary N) is 7. The zero-order valence-electron chi connectivity index (χ0n) is 41.0. The SMILES string of the molecule is CN[C@H](CC(C)C)C(=O)N[C@H]1C(=O)N[C@@H](CC(N)=O)C(=O)N[C@H]2C(=S)N[C@H]3C(=O)N[C@H](C(=O)NCc4cc(O)cc(O)c4-c4cc3ccc4O)[C@H](O)c3ccc(c(Cl)c3)Oc3cc2cc(c3O)Oc2ccc(cc2Cl)[C@H]1O. The molecule has 77 heavy (non-hydrogen) atoms. The maximum Gasteiger partial charge on any atom is 0.247 e. The van der Waals surface area contributed by atoms with Crippen molar-refractivity contribution in [1.82, 2.24) is 37.2 Å². The van der Waals surface area contributed by atoms with Gasteiger partial charge < -0.3 is 83.1 Å². The van der Waals surface area contributed by atoms with E-state index in [1.807, 2.05) is 13.8 Å². The van der Waals surface area contributed by atoms with Crippen LogP contribution in [0.1, 0.15) is 78.8 Å². The van der Waals surface area contributed by atoms with E-state index < -0.39 is 136 Å². The summed E-state index contributed by atoms with van der Waals surface area (Å²) in [4.78, 5) is 84.6. The molecule has 5 heterocycles. The molecule has 404 valence electrons. The molecular weight excluding hydrogens is 1060 g/mol.